The zero-order chi connectivity index (χ0) is 13.1. The van der Waals surface area contributed by atoms with Crippen LogP contribution in [0.4, 0.5) is 11.4 Å². The monoisotopic (exact) mass is 272 g/mol. The molecule has 1 saturated heterocycles. The number of hydrogen-bond acceptors (Lipinski definition) is 3. The minimum Gasteiger partial charge on any atom is -0.380 e. The van der Waals surface area contributed by atoms with Crippen LogP contribution in [0.3, 0.4) is 0 Å². The lowest BCUT2D eigenvalue weighted by Crippen LogP contribution is -2.17. The van der Waals surface area contributed by atoms with E-state index in [9.17, 15) is 0 Å². The van der Waals surface area contributed by atoms with Crippen LogP contribution in [-0.4, -0.2) is 13.1 Å². The summed E-state index contributed by atoms with van der Waals surface area (Å²) in [5.41, 5.74) is 3.94. The molecule has 3 heteroatoms. The normalized spacial score (nSPS) is 14.9. The molecule has 2 aromatic rings. The molecule has 19 heavy (non-hydrogen) atoms. The van der Waals surface area contributed by atoms with Gasteiger partial charge in [-0.1, -0.05) is 0 Å². The number of rotatable bonds is 4. The fourth-order valence-electron chi connectivity index (χ4n) is 2.53. The van der Waals surface area contributed by atoms with E-state index in [0.717, 1.165) is 6.54 Å². The average molecular weight is 272 g/mol. The molecule has 1 N–H and O–H groups in total. The number of nitrogens with zero attached hydrogens (tertiary/aromatic N) is 1. The summed E-state index contributed by atoms with van der Waals surface area (Å²) in [5, 5.41) is 5.65. The fraction of sp³-hybridized carbons (Fsp3) is 0.375. The first-order valence-electron chi connectivity index (χ1n) is 6.95. The molecule has 1 fully saturated rings. The van der Waals surface area contributed by atoms with Crippen molar-refractivity contribution in [3.05, 3.63) is 46.2 Å². The smallest absolute Gasteiger partial charge is 0.0496 e. The second kappa shape index (κ2) is 5.66. The standard InChI is InChI=1S/C16H20N2S/c1-13-8-11-19-16(13)12-17-14-4-6-15(7-5-14)18-9-2-3-10-18/h4-8,11,17H,2-3,9-10,12H2,1H3. The van der Waals surface area contributed by atoms with Crippen molar-refractivity contribution in [3.8, 4) is 0 Å². The van der Waals surface area contributed by atoms with Crippen LogP contribution in [0.1, 0.15) is 23.3 Å². The molecule has 0 spiro atoms. The maximum absolute atomic E-state index is 3.50. The Morgan fingerprint density at radius 2 is 1.84 bits per heavy atom. The zero-order valence-corrected chi connectivity index (χ0v) is 12.2. The van der Waals surface area contributed by atoms with Gasteiger partial charge < -0.3 is 10.2 Å². The summed E-state index contributed by atoms with van der Waals surface area (Å²) in [6.07, 6.45) is 2.66. The van der Waals surface area contributed by atoms with Crippen molar-refractivity contribution in [1.29, 1.82) is 0 Å². The van der Waals surface area contributed by atoms with E-state index in [-0.39, 0.29) is 0 Å². The summed E-state index contributed by atoms with van der Waals surface area (Å²) >= 11 is 1.82. The van der Waals surface area contributed by atoms with Crippen LogP contribution in [-0.2, 0) is 6.54 Å². The highest BCUT2D eigenvalue weighted by atomic mass is 32.1. The van der Waals surface area contributed by atoms with Crippen molar-refractivity contribution in [1.82, 2.24) is 0 Å². The lowest BCUT2D eigenvalue weighted by Gasteiger charge is -2.18. The lowest BCUT2D eigenvalue weighted by atomic mass is 10.2. The quantitative estimate of drug-likeness (QED) is 0.894. The van der Waals surface area contributed by atoms with Crippen LogP contribution >= 0.6 is 11.3 Å². The average Bonchev–Trinajstić information content (AvgIpc) is 3.09. The van der Waals surface area contributed by atoms with Crippen LogP contribution in [0.25, 0.3) is 0 Å². The number of benzene rings is 1. The molecule has 0 saturated carbocycles. The highest BCUT2D eigenvalue weighted by Crippen LogP contribution is 2.23. The molecule has 0 aliphatic carbocycles. The zero-order valence-electron chi connectivity index (χ0n) is 11.4. The minimum atomic E-state index is 0.923. The van der Waals surface area contributed by atoms with Gasteiger partial charge >= 0.3 is 0 Å². The van der Waals surface area contributed by atoms with Gasteiger partial charge in [0.15, 0.2) is 0 Å². The predicted molar refractivity (Wildman–Crippen MR) is 84.3 cm³/mol. The summed E-state index contributed by atoms with van der Waals surface area (Å²) in [7, 11) is 0. The van der Waals surface area contributed by atoms with Gasteiger partial charge in [-0.15, -0.1) is 11.3 Å². The fourth-order valence-corrected chi connectivity index (χ4v) is 3.38. The molecule has 0 bridgehead atoms. The number of nitrogens with one attached hydrogen (secondary N) is 1. The lowest BCUT2D eigenvalue weighted by molar-refractivity contribution is 0.949. The number of anilines is 2. The number of hydrogen-bond donors (Lipinski definition) is 1. The Hall–Kier alpha value is -1.48. The largest absolute Gasteiger partial charge is 0.380 e. The summed E-state index contributed by atoms with van der Waals surface area (Å²) in [4.78, 5) is 3.89. The molecule has 2 heterocycles. The van der Waals surface area contributed by atoms with E-state index in [2.05, 4.69) is 52.9 Å². The van der Waals surface area contributed by atoms with Gasteiger partial charge in [-0.3, -0.25) is 0 Å². The van der Waals surface area contributed by atoms with Crippen LogP contribution in [0.15, 0.2) is 35.7 Å². The van der Waals surface area contributed by atoms with Crippen molar-refractivity contribution < 1.29 is 0 Å². The Bertz CT molecular complexity index is 524. The molecule has 0 radical (unpaired) electrons. The summed E-state index contributed by atoms with van der Waals surface area (Å²) in [6.45, 7) is 5.51. The SMILES string of the molecule is Cc1ccsc1CNc1ccc(N2CCCC2)cc1. The summed E-state index contributed by atoms with van der Waals surface area (Å²) < 4.78 is 0. The molecule has 0 amide bonds. The third-order valence-corrected chi connectivity index (χ3v) is 4.78. The maximum atomic E-state index is 3.50. The summed E-state index contributed by atoms with van der Waals surface area (Å²) in [5.74, 6) is 0. The van der Waals surface area contributed by atoms with Crippen LogP contribution in [0.5, 0.6) is 0 Å². The third kappa shape index (κ3) is 2.92. The van der Waals surface area contributed by atoms with Crippen LogP contribution in [0.2, 0.25) is 0 Å². The van der Waals surface area contributed by atoms with Gasteiger partial charge in [0.1, 0.15) is 0 Å². The maximum Gasteiger partial charge on any atom is 0.0496 e. The molecule has 0 atom stereocenters. The van der Waals surface area contributed by atoms with E-state index in [0.29, 0.717) is 0 Å². The van der Waals surface area contributed by atoms with Crippen LogP contribution < -0.4 is 10.2 Å². The van der Waals surface area contributed by atoms with E-state index in [4.69, 9.17) is 0 Å². The highest BCUT2D eigenvalue weighted by Gasteiger charge is 2.11. The van der Waals surface area contributed by atoms with Crippen molar-refractivity contribution >= 4 is 22.7 Å². The number of thiophene rings is 1. The van der Waals surface area contributed by atoms with Crippen molar-refractivity contribution in [2.24, 2.45) is 0 Å². The molecular weight excluding hydrogens is 252 g/mol. The molecule has 0 unspecified atom stereocenters. The highest BCUT2D eigenvalue weighted by molar-refractivity contribution is 7.10. The van der Waals surface area contributed by atoms with Gasteiger partial charge in [-0.05, 0) is 61.0 Å². The Morgan fingerprint density at radius 1 is 1.11 bits per heavy atom. The minimum absolute atomic E-state index is 0.923. The first-order chi connectivity index (χ1) is 9.33. The van der Waals surface area contributed by atoms with E-state index >= 15 is 0 Å². The second-order valence-electron chi connectivity index (χ2n) is 5.12. The van der Waals surface area contributed by atoms with Gasteiger partial charge in [0.05, 0.1) is 0 Å². The topological polar surface area (TPSA) is 15.3 Å². The van der Waals surface area contributed by atoms with Gasteiger partial charge in [-0.2, -0.15) is 0 Å². The number of aryl methyl sites for hydroxylation is 1. The van der Waals surface area contributed by atoms with Crippen molar-refractivity contribution in [3.63, 3.8) is 0 Å². The Labute approximate surface area is 119 Å². The molecule has 2 nitrogen and oxygen atoms in total. The van der Waals surface area contributed by atoms with Gasteiger partial charge in [0.25, 0.3) is 0 Å². The molecule has 1 aromatic carbocycles. The van der Waals surface area contributed by atoms with Crippen molar-refractivity contribution in [2.75, 3.05) is 23.3 Å². The first-order valence-corrected chi connectivity index (χ1v) is 7.83. The molecule has 100 valence electrons. The molecule has 1 aromatic heterocycles. The second-order valence-corrected chi connectivity index (χ2v) is 6.12. The van der Waals surface area contributed by atoms with E-state index < -0.39 is 0 Å². The van der Waals surface area contributed by atoms with Gasteiger partial charge in [-0.25, -0.2) is 0 Å². The molecular formula is C16H20N2S. The van der Waals surface area contributed by atoms with Crippen LogP contribution in [0, 0.1) is 6.92 Å². The molecule has 1 aliphatic rings. The third-order valence-electron chi connectivity index (χ3n) is 3.76. The van der Waals surface area contributed by atoms with Crippen molar-refractivity contribution in [2.45, 2.75) is 26.3 Å². The molecule has 3 rings (SSSR count). The summed E-state index contributed by atoms with van der Waals surface area (Å²) in [6, 6.07) is 11.0. The van der Waals surface area contributed by atoms with E-state index in [1.54, 1.807) is 0 Å². The van der Waals surface area contributed by atoms with Gasteiger partial charge in [0, 0.05) is 35.9 Å². The Balaban J connectivity index is 1.61. The Kier molecular flexibility index (Phi) is 3.74. The first kappa shape index (κ1) is 12.5. The predicted octanol–water partition coefficient (Wildman–Crippen LogP) is 4.27. The molecule has 1 aliphatic heterocycles. The van der Waals surface area contributed by atoms with E-state index in [1.807, 2.05) is 11.3 Å². The van der Waals surface area contributed by atoms with Gasteiger partial charge in [0.2, 0.25) is 0 Å². The Morgan fingerprint density at radius 3 is 2.47 bits per heavy atom. The van der Waals surface area contributed by atoms with E-state index in [1.165, 1.54) is 47.7 Å².